The molecular formula is C18H25ClFN. The summed E-state index contributed by atoms with van der Waals surface area (Å²) in [5.74, 6) is -0.245. The Morgan fingerprint density at radius 3 is 2.48 bits per heavy atom. The van der Waals surface area contributed by atoms with Crippen LogP contribution in [0.5, 0.6) is 0 Å². The lowest BCUT2D eigenvalue weighted by Gasteiger charge is -2.56. The maximum absolute atomic E-state index is 13.4. The average Bonchev–Trinajstić information content (AvgIpc) is 2.84. The number of benzene rings is 1. The molecule has 0 bridgehead atoms. The Labute approximate surface area is 132 Å². The van der Waals surface area contributed by atoms with Gasteiger partial charge in [0.2, 0.25) is 0 Å². The van der Waals surface area contributed by atoms with Crippen molar-refractivity contribution in [1.82, 2.24) is 5.32 Å². The molecule has 2 fully saturated rings. The van der Waals surface area contributed by atoms with Crippen LogP contribution in [-0.2, 0) is 5.41 Å². The van der Waals surface area contributed by atoms with Crippen molar-refractivity contribution < 1.29 is 4.39 Å². The Kier molecular flexibility index (Phi) is 4.04. The van der Waals surface area contributed by atoms with E-state index in [2.05, 4.69) is 19.2 Å². The molecule has 2 aliphatic carbocycles. The second-order valence-electron chi connectivity index (χ2n) is 7.50. The number of nitrogens with one attached hydrogen (secondary N) is 1. The molecule has 0 atom stereocenters. The molecule has 0 aliphatic heterocycles. The smallest absolute Gasteiger partial charge is 0.124 e. The van der Waals surface area contributed by atoms with Crippen LogP contribution in [0.1, 0.15) is 57.9 Å². The number of halogens is 2. The summed E-state index contributed by atoms with van der Waals surface area (Å²) in [5, 5.41) is 4.17. The van der Waals surface area contributed by atoms with Gasteiger partial charge in [-0.2, -0.15) is 0 Å². The highest BCUT2D eigenvalue weighted by molar-refractivity contribution is 6.31. The van der Waals surface area contributed by atoms with Crippen LogP contribution in [0.15, 0.2) is 18.2 Å². The quantitative estimate of drug-likeness (QED) is 0.819. The summed E-state index contributed by atoms with van der Waals surface area (Å²) in [7, 11) is 0. The van der Waals surface area contributed by atoms with Crippen LogP contribution in [0.4, 0.5) is 4.39 Å². The summed E-state index contributed by atoms with van der Waals surface area (Å²) < 4.78 is 13.4. The van der Waals surface area contributed by atoms with E-state index in [1.165, 1.54) is 44.6 Å². The molecule has 1 aromatic carbocycles. The van der Waals surface area contributed by atoms with E-state index in [-0.39, 0.29) is 11.2 Å². The van der Waals surface area contributed by atoms with Gasteiger partial charge in [-0.3, -0.25) is 0 Å². The third-order valence-electron chi connectivity index (χ3n) is 5.44. The summed E-state index contributed by atoms with van der Waals surface area (Å²) in [6.45, 7) is 5.28. The van der Waals surface area contributed by atoms with Crippen molar-refractivity contribution in [2.24, 2.45) is 5.41 Å². The monoisotopic (exact) mass is 309 g/mol. The summed E-state index contributed by atoms with van der Waals surface area (Å²) in [6.07, 6.45) is 7.84. The molecule has 21 heavy (non-hydrogen) atoms. The summed E-state index contributed by atoms with van der Waals surface area (Å²) in [6, 6.07) is 5.38. The third kappa shape index (κ3) is 2.85. The van der Waals surface area contributed by atoms with Gasteiger partial charge in [-0.25, -0.2) is 4.39 Å². The molecule has 0 unspecified atom stereocenters. The van der Waals surface area contributed by atoms with E-state index >= 15 is 0 Å². The third-order valence-corrected chi connectivity index (χ3v) is 5.75. The van der Waals surface area contributed by atoms with Crippen LogP contribution in [0.3, 0.4) is 0 Å². The topological polar surface area (TPSA) is 12.0 Å². The minimum absolute atomic E-state index is 0.0966. The normalized spacial score (nSPS) is 22.7. The molecule has 3 rings (SSSR count). The Morgan fingerprint density at radius 2 is 1.90 bits per heavy atom. The van der Waals surface area contributed by atoms with Gasteiger partial charge in [0.05, 0.1) is 0 Å². The number of rotatable bonds is 4. The van der Waals surface area contributed by atoms with E-state index in [0.29, 0.717) is 16.5 Å². The molecule has 1 nitrogen and oxygen atoms in total. The summed E-state index contributed by atoms with van der Waals surface area (Å²) >= 11 is 6.37. The molecule has 116 valence electrons. The van der Waals surface area contributed by atoms with Crippen LogP contribution in [-0.4, -0.2) is 12.6 Å². The van der Waals surface area contributed by atoms with Crippen LogP contribution >= 0.6 is 11.6 Å². The van der Waals surface area contributed by atoms with E-state index in [9.17, 15) is 4.39 Å². The van der Waals surface area contributed by atoms with Crippen molar-refractivity contribution in [2.45, 2.75) is 63.8 Å². The van der Waals surface area contributed by atoms with E-state index in [1.807, 2.05) is 6.07 Å². The van der Waals surface area contributed by atoms with Crippen LogP contribution in [0, 0.1) is 11.2 Å². The first-order valence-corrected chi connectivity index (χ1v) is 8.52. The lowest BCUT2D eigenvalue weighted by molar-refractivity contribution is 0.0258. The molecule has 3 heteroatoms. The highest BCUT2D eigenvalue weighted by Gasteiger charge is 2.56. The molecule has 2 aliphatic rings. The van der Waals surface area contributed by atoms with Gasteiger partial charge in [0.1, 0.15) is 5.82 Å². The van der Waals surface area contributed by atoms with Gasteiger partial charge in [0.25, 0.3) is 0 Å². The Balaban J connectivity index is 1.86. The molecule has 0 heterocycles. The zero-order chi connectivity index (χ0) is 15.1. The van der Waals surface area contributed by atoms with Crippen molar-refractivity contribution in [3.05, 3.63) is 34.6 Å². The number of hydrogen-bond donors (Lipinski definition) is 1. The van der Waals surface area contributed by atoms with Crippen molar-refractivity contribution in [3.8, 4) is 0 Å². The fourth-order valence-corrected chi connectivity index (χ4v) is 4.96. The zero-order valence-corrected chi connectivity index (χ0v) is 13.8. The maximum Gasteiger partial charge on any atom is 0.124 e. The van der Waals surface area contributed by atoms with E-state index in [0.717, 1.165) is 12.1 Å². The second-order valence-corrected chi connectivity index (χ2v) is 7.91. The fourth-order valence-electron chi connectivity index (χ4n) is 4.59. The first-order valence-electron chi connectivity index (χ1n) is 8.14. The van der Waals surface area contributed by atoms with Gasteiger partial charge in [0.15, 0.2) is 0 Å². The molecule has 0 radical (unpaired) electrons. The predicted molar refractivity (Wildman–Crippen MR) is 86.4 cm³/mol. The van der Waals surface area contributed by atoms with Crippen molar-refractivity contribution in [2.75, 3.05) is 6.54 Å². The van der Waals surface area contributed by atoms with Crippen LogP contribution < -0.4 is 5.32 Å². The molecule has 0 aromatic heterocycles. The first-order chi connectivity index (χ1) is 9.95. The molecule has 1 N–H and O–H groups in total. The van der Waals surface area contributed by atoms with Gasteiger partial charge in [-0.15, -0.1) is 0 Å². The zero-order valence-electron chi connectivity index (χ0n) is 13.0. The van der Waals surface area contributed by atoms with Gasteiger partial charge in [-0.05, 0) is 48.8 Å². The van der Waals surface area contributed by atoms with Gasteiger partial charge in [-0.1, -0.05) is 44.4 Å². The molecule has 1 aromatic rings. The van der Waals surface area contributed by atoms with Crippen molar-refractivity contribution in [3.63, 3.8) is 0 Å². The standard InChI is InChI=1S/C18H25ClFN/c1-13(2)21-12-18(10-17(11-18)7-3-4-8-17)15-6-5-14(20)9-16(15)19/h5-6,9,13,21H,3-4,7-8,10-12H2,1-2H3. The molecular weight excluding hydrogens is 285 g/mol. The van der Waals surface area contributed by atoms with Gasteiger partial charge in [0, 0.05) is 23.0 Å². The lowest BCUT2D eigenvalue weighted by Crippen LogP contribution is -2.54. The minimum Gasteiger partial charge on any atom is -0.314 e. The lowest BCUT2D eigenvalue weighted by atomic mass is 9.49. The summed E-state index contributed by atoms with van der Waals surface area (Å²) in [4.78, 5) is 0. The van der Waals surface area contributed by atoms with E-state index in [4.69, 9.17) is 11.6 Å². The SMILES string of the molecule is CC(C)NCC1(c2ccc(F)cc2Cl)CC2(CCCC2)C1. The minimum atomic E-state index is -0.245. The molecule has 0 saturated heterocycles. The van der Waals surface area contributed by atoms with Crippen molar-refractivity contribution in [1.29, 1.82) is 0 Å². The molecule has 0 amide bonds. The predicted octanol–water partition coefficient (Wildman–Crippen LogP) is 5.07. The Bertz CT molecular complexity index is 512. The summed E-state index contributed by atoms with van der Waals surface area (Å²) in [5.41, 5.74) is 1.77. The van der Waals surface area contributed by atoms with E-state index in [1.54, 1.807) is 6.07 Å². The highest BCUT2D eigenvalue weighted by atomic mass is 35.5. The second kappa shape index (κ2) is 5.55. The maximum atomic E-state index is 13.4. The van der Waals surface area contributed by atoms with Gasteiger partial charge >= 0.3 is 0 Å². The van der Waals surface area contributed by atoms with Crippen LogP contribution in [0.25, 0.3) is 0 Å². The largest absolute Gasteiger partial charge is 0.314 e. The first kappa shape index (κ1) is 15.3. The number of hydrogen-bond acceptors (Lipinski definition) is 1. The Hall–Kier alpha value is -0.600. The Morgan fingerprint density at radius 1 is 1.24 bits per heavy atom. The van der Waals surface area contributed by atoms with E-state index < -0.39 is 0 Å². The van der Waals surface area contributed by atoms with Gasteiger partial charge < -0.3 is 5.32 Å². The molecule has 1 spiro atoms. The average molecular weight is 310 g/mol. The molecule has 2 saturated carbocycles. The highest BCUT2D eigenvalue weighted by Crippen LogP contribution is 2.63. The van der Waals surface area contributed by atoms with Crippen molar-refractivity contribution >= 4 is 11.6 Å². The fraction of sp³-hybridized carbons (Fsp3) is 0.667. The van der Waals surface area contributed by atoms with Crippen LogP contribution in [0.2, 0.25) is 5.02 Å².